The van der Waals surface area contributed by atoms with Gasteiger partial charge in [0, 0.05) is 38.2 Å². The molecule has 150 valence electrons. The summed E-state index contributed by atoms with van der Waals surface area (Å²) >= 11 is 0. The Morgan fingerprint density at radius 3 is 2.15 bits per heavy atom. The van der Waals surface area contributed by atoms with Gasteiger partial charge in [-0.05, 0) is 12.8 Å². The third kappa shape index (κ3) is 6.81. The molecule has 1 unspecified atom stereocenters. The van der Waals surface area contributed by atoms with Crippen molar-refractivity contribution in [2.45, 2.75) is 39.3 Å². The first-order valence-corrected chi connectivity index (χ1v) is 8.78. The molecule has 5 amide bonds. The molecule has 1 heterocycles. The van der Waals surface area contributed by atoms with E-state index in [9.17, 15) is 24.0 Å². The van der Waals surface area contributed by atoms with E-state index in [0.29, 0.717) is 6.54 Å². The standard InChI is InChI=1S/C17H27N5O5/c1-10(2)15(17(27)20-11(3)16(26)19-8-7-18)21-12(23)6-9-22-13(24)4-5-14(22)25/h4-5,10-11,15H,6-9,18H2,1-3H3,(H,19,26)(H,20,27)(H,21,23)/t11-,15?/m0/s1. The average molecular weight is 381 g/mol. The predicted octanol–water partition coefficient (Wildman–Crippen LogP) is -1.98. The van der Waals surface area contributed by atoms with Crippen LogP contribution in [0.4, 0.5) is 0 Å². The largest absolute Gasteiger partial charge is 0.353 e. The Morgan fingerprint density at radius 1 is 1.04 bits per heavy atom. The van der Waals surface area contributed by atoms with Gasteiger partial charge >= 0.3 is 0 Å². The molecule has 0 fully saturated rings. The van der Waals surface area contributed by atoms with Crippen molar-refractivity contribution in [3.8, 4) is 0 Å². The molecule has 0 aromatic rings. The fourth-order valence-corrected chi connectivity index (χ4v) is 2.36. The first kappa shape index (κ1) is 22.3. The van der Waals surface area contributed by atoms with Crippen molar-refractivity contribution in [2.75, 3.05) is 19.6 Å². The highest BCUT2D eigenvalue weighted by atomic mass is 16.2. The number of rotatable bonds is 10. The number of carbonyl (C=O) groups excluding carboxylic acids is 5. The second kappa shape index (κ2) is 10.4. The summed E-state index contributed by atoms with van der Waals surface area (Å²) in [6, 6.07) is -1.64. The Bertz CT molecular complexity index is 613. The third-order valence-corrected chi connectivity index (χ3v) is 3.92. The van der Waals surface area contributed by atoms with Gasteiger partial charge in [-0.1, -0.05) is 13.8 Å². The topological polar surface area (TPSA) is 151 Å². The van der Waals surface area contributed by atoms with Gasteiger partial charge < -0.3 is 21.7 Å². The van der Waals surface area contributed by atoms with Crippen LogP contribution in [0.1, 0.15) is 27.2 Å². The summed E-state index contributed by atoms with van der Waals surface area (Å²) in [5.74, 6) is -2.52. The first-order valence-electron chi connectivity index (χ1n) is 8.78. The number of imide groups is 1. The predicted molar refractivity (Wildman–Crippen MR) is 96.9 cm³/mol. The van der Waals surface area contributed by atoms with Crippen LogP contribution >= 0.6 is 0 Å². The Kier molecular flexibility index (Phi) is 8.60. The zero-order valence-electron chi connectivity index (χ0n) is 15.8. The SMILES string of the molecule is CC(C)C(NC(=O)CCN1C(=O)C=CC1=O)C(=O)N[C@@H](C)C(=O)NCCN. The van der Waals surface area contributed by atoms with Gasteiger partial charge in [0.05, 0.1) is 0 Å². The summed E-state index contributed by atoms with van der Waals surface area (Å²) in [7, 11) is 0. The van der Waals surface area contributed by atoms with Crippen molar-refractivity contribution >= 4 is 29.5 Å². The first-order chi connectivity index (χ1) is 12.7. The van der Waals surface area contributed by atoms with E-state index in [4.69, 9.17) is 5.73 Å². The van der Waals surface area contributed by atoms with Crippen molar-refractivity contribution in [3.05, 3.63) is 12.2 Å². The molecule has 2 atom stereocenters. The van der Waals surface area contributed by atoms with Crippen molar-refractivity contribution in [1.29, 1.82) is 0 Å². The Balaban J connectivity index is 2.55. The highest BCUT2D eigenvalue weighted by Crippen LogP contribution is 2.06. The Labute approximate surface area is 157 Å². The smallest absolute Gasteiger partial charge is 0.253 e. The highest BCUT2D eigenvalue weighted by molar-refractivity contribution is 6.13. The second-order valence-corrected chi connectivity index (χ2v) is 6.51. The average Bonchev–Trinajstić information content (AvgIpc) is 2.93. The lowest BCUT2D eigenvalue weighted by molar-refractivity contribution is -0.137. The summed E-state index contributed by atoms with van der Waals surface area (Å²) in [5.41, 5.74) is 5.31. The van der Waals surface area contributed by atoms with E-state index < -0.39 is 35.7 Å². The molecule has 0 saturated heterocycles. The van der Waals surface area contributed by atoms with Crippen molar-refractivity contribution in [2.24, 2.45) is 11.7 Å². The maximum atomic E-state index is 12.4. The summed E-state index contributed by atoms with van der Waals surface area (Å²) in [4.78, 5) is 60.3. The minimum atomic E-state index is -0.856. The Hall–Kier alpha value is -2.75. The van der Waals surface area contributed by atoms with Crippen LogP contribution in [0, 0.1) is 5.92 Å². The van der Waals surface area contributed by atoms with E-state index in [0.717, 1.165) is 17.1 Å². The fraction of sp³-hybridized carbons (Fsp3) is 0.588. The van der Waals surface area contributed by atoms with E-state index in [1.807, 2.05) is 0 Å². The van der Waals surface area contributed by atoms with Gasteiger partial charge in [-0.25, -0.2) is 0 Å². The normalized spacial score (nSPS) is 15.7. The van der Waals surface area contributed by atoms with E-state index in [1.165, 1.54) is 6.92 Å². The van der Waals surface area contributed by atoms with Crippen molar-refractivity contribution in [1.82, 2.24) is 20.9 Å². The summed E-state index contributed by atoms with van der Waals surface area (Å²) < 4.78 is 0. The third-order valence-electron chi connectivity index (χ3n) is 3.92. The number of carbonyl (C=O) groups is 5. The van der Waals surface area contributed by atoms with E-state index in [-0.39, 0.29) is 31.3 Å². The van der Waals surface area contributed by atoms with Crippen LogP contribution in [0.15, 0.2) is 12.2 Å². The van der Waals surface area contributed by atoms with Gasteiger partial charge in [0.15, 0.2) is 0 Å². The molecule has 0 saturated carbocycles. The highest BCUT2D eigenvalue weighted by Gasteiger charge is 2.28. The molecule has 1 aliphatic rings. The molecule has 10 heteroatoms. The molecule has 0 bridgehead atoms. The lowest BCUT2D eigenvalue weighted by atomic mass is 10.0. The van der Waals surface area contributed by atoms with Crippen LogP contribution in [0.25, 0.3) is 0 Å². The molecule has 0 aliphatic carbocycles. The zero-order chi connectivity index (χ0) is 20.6. The summed E-state index contributed by atoms with van der Waals surface area (Å²) in [5, 5.41) is 7.70. The molecule has 0 aromatic heterocycles. The van der Waals surface area contributed by atoms with Gasteiger partial charge in [-0.15, -0.1) is 0 Å². The van der Waals surface area contributed by atoms with Gasteiger partial charge in [0.1, 0.15) is 12.1 Å². The summed E-state index contributed by atoms with van der Waals surface area (Å²) in [6.07, 6.45) is 2.16. The molecule has 0 spiro atoms. The number of nitrogens with one attached hydrogen (secondary N) is 3. The molecule has 0 aromatic carbocycles. The molecule has 27 heavy (non-hydrogen) atoms. The van der Waals surface area contributed by atoms with Gasteiger partial charge in [0.25, 0.3) is 11.8 Å². The fourth-order valence-electron chi connectivity index (χ4n) is 2.36. The van der Waals surface area contributed by atoms with Crippen LogP contribution in [0.5, 0.6) is 0 Å². The minimum Gasteiger partial charge on any atom is -0.353 e. The molecular weight excluding hydrogens is 354 g/mol. The lowest BCUT2D eigenvalue weighted by Crippen LogP contribution is -2.55. The molecule has 5 N–H and O–H groups in total. The van der Waals surface area contributed by atoms with Crippen LogP contribution in [0.2, 0.25) is 0 Å². The number of hydrogen-bond donors (Lipinski definition) is 4. The minimum absolute atomic E-state index is 0.0686. The maximum Gasteiger partial charge on any atom is 0.253 e. The number of hydrogen-bond acceptors (Lipinski definition) is 6. The van der Waals surface area contributed by atoms with E-state index in [2.05, 4.69) is 16.0 Å². The molecular formula is C17H27N5O5. The molecule has 0 radical (unpaired) electrons. The number of amides is 5. The lowest BCUT2D eigenvalue weighted by Gasteiger charge is -2.24. The van der Waals surface area contributed by atoms with Crippen LogP contribution in [-0.2, 0) is 24.0 Å². The van der Waals surface area contributed by atoms with Crippen molar-refractivity contribution < 1.29 is 24.0 Å². The van der Waals surface area contributed by atoms with Crippen LogP contribution < -0.4 is 21.7 Å². The van der Waals surface area contributed by atoms with Crippen LogP contribution in [-0.4, -0.2) is 66.2 Å². The van der Waals surface area contributed by atoms with Crippen molar-refractivity contribution in [3.63, 3.8) is 0 Å². The quantitative estimate of drug-likeness (QED) is 0.322. The monoisotopic (exact) mass is 381 g/mol. The zero-order valence-corrected chi connectivity index (χ0v) is 15.8. The molecule has 10 nitrogen and oxygen atoms in total. The van der Waals surface area contributed by atoms with Gasteiger partial charge in [-0.3, -0.25) is 28.9 Å². The van der Waals surface area contributed by atoms with E-state index in [1.54, 1.807) is 13.8 Å². The number of nitrogens with zero attached hydrogens (tertiary/aromatic N) is 1. The second-order valence-electron chi connectivity index (χ2n) is 6.51. The molecule has 1 rings (SSSR count). The number of nitrogens with two attached hydrogens (primary N) is 1. The van der Waals surface area contributed by atoms with Crippen LogP contribution in [0.3, 0.4) is 0 Å². The maximum absolute atomic E-state index is 12.4. The molecule has 1 aliphatic heterocycles. The summed E-state index contributed by atoms with van der Waals surface area (Å²) in [6.45, 7) is 5.55. The van der Waals surface area contributed by atoms with E-state index >= 15 is 0 Å². The van der Waals surface area contributed by atoms with Gasteiger partial charge in [0.2, 0.25) is 17.7 Å². The van der Waals surface area contributed by atoms with Gasteiger partial charge in [-0.2, -0.15) is 0 Å². The Morgan fingerprint density at radius 2 is 1.63 bits per heavy atom.